The van der Waals surface area contributed by atoms with E-state index >= 15 is 0 Å². The van der Waals surface area contributed by atoms with Crippen LogP contribution >= 0.6 is 7.67 Å². The minimum Gasteiger partial charge on any atom is -0.462 e. The third-order valence-electron chi connectivity index (χ3n) is 3.57. The van der Waals surface area contributed by atoms with E-state index < -0.39 is 13.6 Å². The van der Waals surface area contributed by atoms with Crippen LogP contribution in [0.3, 0.4) is 0 Å². The molecule has 0 aromatic heterocycles. The molecular weight excluding hydrogens is 327 g/mol. The molecule has 1 aromatic rings. The molecule has 1 aromatic carbocycles. The van der Waals surface area contributed by atoms with E-state index in [-0.39, 0.29) is 11.3 Å². The van der Waals surface area contributed by atoms with E-state index in [0.717, 1.165) is 25.7 Å². The zero-order valence-corrected chi connectivity index (χ0v) is 16.2. The van der Waals surface area contributed by atoms with Crippen molar-refractivity contribution in [3.63, 3.8) is 0 Å². The fraction of sp³-hybridized carbons (Fsp3) is 0.588. The largest absolute Gasteiger partial charge is 0.462 e. The molecule has 0 bridgehead atoms. The molecule has 0 aliphatic rings. The number of para-hydroxylation sites is 1. The fourth-order valence-electron chi connectivity index (χ4n) is 2.14. The molecule has 0 heterocycles. The Bertz CT molecular complexity index is 563. The highest BCUT2D eigenvalue weighted by molar-refractivity contribution is 7.54. The molecule has 136 valence electrons. The number of nitrogens with zero attached hydrogens (tertiary/aromatic N) is 2. The molecule has 0 N–H and O–H groups in total. The van der Waals surface area contributed by atoms with E-state index in [1.54, 1.807) is 52.5 Å². The van der Waals surface area contributed by atoms with Crippen molar-refractivity contribution in [1.29, 1.82) is 0 Å². The van der Waals surface area contributed by atoms with Crippen LogP contribution in [0.15, 0.2) is 24.3 Å². The molecular formula is C17H29N2O4P. The summed E-state index contributed by atoms with van der Waals surface area (Å²) in [6.45, 7) is 2.51. The first-order valence-corrected chi connectivity index (χ1v) is 9.77. The number of unbranched alkanes of at least 4 members (excludes halogenated alkanes) is 3. The van der Waals surface area contributed by atoms with Gasteiger partial charge in [0.05, 0.1) is 6.61 Å². The fourth-order valence-corrected chi connectivity index (χ4v) is 3.59. The second-order valence-corrected chi connectivity index (χ2v) is 8.73. The third-order valence-corrected chi connectivity index (χ3v) is 6.02. The lowest BCUT2D eigenvalue weighted by molar-refractivity contribution is 0.0495. The maximum atomic E-state index is 13.0. The van der Waals surface area contributed by atoms with Crippen LogP contribution in [0.25, 0.3) is 0 Å². The van der Waals surface area contributed by atoms with Crippen LogP contribution in [-0.2, 0) is 9.30 Å². The zero-order chi connectivity index (χ0) is 18.2. The van der Waals surface area contributed by atoms with E-state index in [2.05, 4.69) is 6.92 Å². The Labute approximate surface area is 145 Å². The van der Waals surface area contributed by atoms with Crippen LogP contribution in [-0.4, -0.2) is 50.1 Å². The number of ether oxygens (including phenoxy) is 1. The summed E-state index contributed by atoms with van der Waals surface area (Å²) in [4.78, 5) is 12.3. The minimum absolute atomic E-state index is 0.266. The van der Waals surface area contributed by atoms with Gasteiger partial charge in [0, 0.05) is 0 Å². The van der Waals surface area contributed by atoms with Crippen molar-refractivity contribution in [2.24, 2.45) is 0 Å². The summed E-state index contributed by atoms with van der Waals surface area (Å²) in [6.07, 6.45) is 4.15. The van der Waals surface area contributed by atoms with Crippen molar-refractivity contribution in [2.45, 2.75) is 32.6 Å². The lowest BCUT2D eigenvalue weighted by atomic mass is 10.2. The highest BCUT2D eigenvalue weighted by Gasteiger charge is 2.32. The molecule has 0 atom stereocenters. The first-order chi connectivity index (χ1) is 11.3. The molecule has 0 saturated heterocycles. The number of rotatable bonds is 10. The minimum atomic E-state index is -3.23. The highest BCUT2D eigenvalue weighted by atomic mass is 31.2. The van der Waals surface area contributed by atoms with Crippen molar-refractivity contribution >= 4 is 13.6 Å². The van der Waals surface area contributed by atoms with E-state index in [4.69, 9.17) is 9.26 Å². The summed E-state index contributed by atoms with van der Waals surface area (Å²) >= 11 is 0. The molecule has 1 rings (SSSR count). The summed E-state index contributed by atoms with van der Waals surface area (Å²) in [7, 11) is 3.47. The third kappa shape index (κ3) is 5.62. The lowest BCUT2D eigenvalue weighted by Gasteiger charge is -2.30. The van der Waals surface area contributed by atoms with Crippen molar-refractivity contribution < 1.29 is 18.6 Å². The quantitative estimate of drug-likeness (QED) is 0.358. The Morgan fingerprint density at radius 1 is 1.04 bits per heavy atom. The van der Waals surface area contributed by atoms with Crippen molar-refractivity contribution in [2.75, 3.05) is 34.8 Å². The molecule has 24 heavy (non-hydrogen) atoms. The van der Waals surface area contributed by atoms with Gasteiger partial charge in [0.1, 0.15) is 11.3 Å². The normalized spacial score (nSPS) is 11.8. The summed E-state index contributed by atoms with van der Waals surface area (Å²) in [5, 5.41) is 0. The second-order valence-electron chi connectivity index (χ2n) is 5.97. The molecule has 0 fully saturated rings. The number of carbonyl (C=O) groups excluding carboxylic acids is 1. The first-order valence-electron chi connectivity index (χ1n) is 8.24. The van der Waals surface area contributed by atoms with Gasteiger partial charge in [-0.3, -0.25) is 0 Å². The summed E-state index contributed by atoms with van der Waals surface area (Å²) in [5.41, 5.74) is 0.289. The van der Waals surface area contributed by atoms with Gasteiger partial charge in [-0.15, -0.1) is 0 Å². The van der Waals surface area contributed by atoms with Gasteiger partial charge in [0.15, 0.2) is 0 Å². The molecule has 0 aliphatic heterocycles. The SMILES string of the molecule is CCCCCCOC(=O)c1ccccc1OP(=O)(N(C)C)N(C)C. The van der Waals surface area contributed by atoms with Crippen molar-refractivity contribution in [1.82, 2.24) is 9.34 Å². The lowest BCUT2D eigenvalue weighted by Crippen LogP contribution is -2.25. The van der Waals surface area contributed by atoms with Crippen LogP contribution in [0.5, 0.6) is 5.75 Å². The predicted molar refractivity (Wildman–Crippen MR) is 96.5 cm³/mol. The van der Waals surface area contributed by atoms with E-state index in [1.807, 2.05) is 0 Å². The monoisotopic (exact) mass is 356 g/mol. The maximum Gasteiger partial charge on any atom is 0.394 e. The number of hydrogen-bond acceptors (Lipinski definition) is 4. The van der Waals surface area contributed by atoms with Gasteiger partial charge >= 0.3 is 13.6 Å². The average molecular weight is 356 g/mol. The molecule has 0 aliphatic carbocycles. The maximum absolute atomic E-state index is 13.0. The standard InChI is InChI=1S/C17H29N2O4P/c1-6-7-8-11-14-22-17(20)15-12-9-10-13-16(15)23-24(21,18(2)3)19(4)5/h9-10,12-13H,6-8,11,14H2,1-5H3. The van der Waals surface area contributed by atoms with Crippen LogP contribution < -0.4 is 4.52 Å². The van der Waals surface area contributed by atoms with Crippen molar-refractivity contribution in [3.8, 4) is 5.75 Å². The predicted octanol–water partition coefficient (Wildman–Crippen LogP) is 4.03. The Balaban J connectivity index is 2.84. The van der Waals surface area contributed by atoms with Gasteiger partial charge in [0.2, 0.25) is 0 Å². The Morgan fingerprint density at radius 3 is 2.25 bits per heavy atom. The smallest absolute Gasteiger partial charge is 0.394 e. The van der Waals surface area contributed by atoms with Gasteiger partial charge in [-0.05, 0) is 46.7 Å². The molecule has 0 spiro atoms. The van der Waals surface area contributed by atoms with Gasteiger partial charge in [-0.1, -0.05) is 38.3 Å². The van der Waals surface area contributed by atoms with Crippen molar-refractivity contribution in [3.05, 3.63) is 29.8 Å². The molecule has 0 amide bonds. The van der Waals surface area contributed by atoms with E-state index in [1.165, 1.54) is 9.34 Å². The van der Waals surface area contributed by atoms with Crippen LogP contribution in [0.4, 0.5) is 0 Å². The Hall–Kier alpha value is -1.36. The summed E-state index contributed by atoms with van der Waals surface area (Å²) < 4.78 is 27.0. The number of carbonyl (C=O) groups is 1. The molecule has 7 heteroatoms. The molecule has 0 saturated carbocycles. The number of benzene rings is 1. The van der Waals surface area contributed by atoms with Gasteiger partial charge in [-0.25, -0.2) is 18.7 Å². The first kappa shape index (κ1) is 20.7. The highest BCUT2D eigenvalue weighted by Crippen LogP contribution is 2.51. The Kier molecular flexibility index (Phi) is 8.46. The van der Waals surface area contributed by atoms with Gasteiger partial charge < -0.3 is 9.26 Å². The summed E-state index contributed by atoms with van der Waals surface area (Å²) in [6, 6.07) is 6.73. The zero-order valence-electron chi connectivity index (χ0n) is 15.3. The van der Waals surface area contributed by atoms with E-state index in [0.29, 0.717) is 6.61 Å². The molecule has 0 radical (unpaired) electrons. The van der Waals surface area contributed by atoms with Crippen LogP contribution in [0, 0.1) is 0 Å². The average Bonchev–Trinajstić information content (AvgIpc) is 2.54. The van der Waals surface area contributed by atoms with E-state index in [9.17, 15) is 9.36 Å². The topological polar surface area (TPSA) is 59.1 Å². The number of esters is 1. The number of hydrogen-bond donors (Lipinski definition) is 0. The summed E-state index contributed by atoms with van der Waals surface area (Å²) in [5.74, 6) is -0.187. The second kappa shape index (κ2) is 9.82. The molecule has 6 nitrogen and oxygen atoms in total. The van der Waals surface area contributed by atoms with Gasteiger partial charge in [0.25, 0.3) is 0 Å². The van der Waals surface area contributed by atoms with Crippen LogP contribution in [0.2, 0.25) is 0 Å². The van der Waals surface area contributed by atoms with Crippen LogP contribution in [0.1, 0.15) is 43.0 Å². The Morgan fingerprint density at radius 2 is 1.67 bits per heavy atom. The molecule has 0 unspecified atom stereocenters. The van der Waals surface area contributed by atoms with Gasteiger partial charge in [-0.2, -0.15) is 0 Å².